The molecule has 0 aliphatic heterocycles. The highest BCUT2D eigenvalue weighted by molar-refractivity contribution is 7.15. The number of nitrogens with one attached hydrogen (secondary N) is 1. The SMILES string of the molecule is C=CCn1c(C(=O)Nc2scc(-c3cccc([N+](=O)[O-])c3)c2C(=O)OCC)c(C)c2cc(C(C)C)ccc21. The third-order valence-corrected chi connectivity index (χ3v) is 7.30. The number of hydrogen-bond donors (Lipinski definition) is 1. The Labute approximate surface area is 224 Å². The summed E-state index contributed by atoms with van der Waals surface area (Å²) in [5, 5.41) is 17.2. The van der Waals surface area contributed by atoms with E-state index in [2.05, 4.69) is 37.9 Å². The standard InChI is InChI=1S/C29H29N3O5S/c1-6-13-31-24-12-11-19(17(3)4)15-22(24)18(5)26(31)27(33)30-28-25(29(34)37-7-2)23(16-38-28)20-9-8-10-21(14-20)32(35)36/h6,8-12,14-17H,1,7,13H2,2-5H3,(H,30,33). The molecule has 0 unspecified atom stereocenters. The maximum Gasteiger partial charge on any atom is 0.341 e. The number of non-ortho nitro benzene ring substituents is 1. The van der Waals surface area contributed by atoms with Crippen LogP contribution in [0.5, 0.6) is 0 Å². The molecule has 0 atom stereocenters. The predicted octanol–water partition coefficient (Wildman–Crippen LogP) is 7.32. The minimum absolute atomic E-state index is 0.0978. The number of hydrogen-bond acceptors (Lipinski definition) is 6. The van der Waals surface area contributed by atoms with E-state index in [0.29, 0.717) is 34.3 Å². The first-order valence-electron chi connectivity index (χ1n) is 12.3. The highest BCUT2D eigenvalue weighted by Crippen LogP contribution is 2.38. The Bertz CT molecular complexity index is 1560. The number of amides is 1. The molecule has 0 radical (unpaired) electrons. The van der Waals surface area contributed by atoms with Crippen molar-refractivity contribution in [3.8, 4) is 11.1 Å². The molecule has 2 aromatic heterocycles. The average molecular weight is 532 g/mol. The number of nitro groups is 1. The van der Waals surface area contributed by atoms with Gasteiger partial charge in [-0.15, -0.1) is 17.9 Å². The van der Waals surface area contributed by atoms with Gasteiger partial charge in [0.15, 0.2) is 0 Å². The fourth-order valence-corrected chi connectivity index (χ4v) is 5.48. The van der Waals surface area contributed by atoms with Crippen LogP contribution in [-0.2, 0) is 11.3 Å². The van der Waals surface area contributed by atoms with Gasteiger partial charge in [0.05, 0.1) is 11.5 Å². The zero-order chi connectivity index (χ0) is 27.6. The van der Waals surface area contributed by atoms with Crippen LogP contribution in [-0.4, -0.2) is 28.0 Å². The zero-order valence-electron chi connectivity index (χ0n) is 21.7. The first-order chi connectivity index (χ1) is 18.2. The second kappa shape index (κ2) is 11.0. The number of esters is 1. The zero-order valence-corrected chi connectivity index (χ0v) is 22.6. The van der Waals surface area contributed by atoms with Gasteiger partial charge in [-0.3, -0.25) is 14.9 Å². The largest absolute Gasteiger partial charge is 0.462 e. The van der Waals surface area contributed by atoms with Crippen molar-refractivity contribution in [2.45, 2.75) is 40.2 Å². The number of aryl methyl sites for hydroxylation is 1. The molecule has 2 heterocycles. The third-order valence-electron chi connectivity index (χ3n) is 6.40. The lowest BCUT2D eigenvalue weighted by atomic mass is 10.0. The minimum Gasteiger partial charge on any atom is -0.462 e. The lowest BCUT2D eigenvalue weighted by Crippen LogP contribution is -2.19. The van der Waals surface area contributed by atoms with Gasteiger partial charge in [0.2, 0.25) is 0 Å². The third kappa shape index (κ3) is 4.97. The summed E-state index contributed by atoms with van der Waals surface area (Å²) < 4.78 is 7.20. The van der Waals surface area contributed by atoms with E-state index in [0.717, 1.165) is 16.5 Å². The number of fused-ring (bicyclic) bond motifs is 1. The molecule has 0 fully saturated rings. The number of nitro benzene ring substituents is 1. The molecule has 0 saturated heterocycles. The van der Waals surface area contributed by atoms with Gasteiger partial charge in [-0.05, 0) is 48.6 Å². The second-order valence-corrected chi connectivity index (χ2v) is 10.0. The van der Waals surface area contributed by atoms with Crippen molar-refractivity contribution < 1.29 is 19.2 Å². The summed E-state index contributed by atoms with van der Waals surface area (Å²) in [5.41, 5.74) is 4.40. The fraction of sp³-hybridized carbons (Fsp3) is 0.241. The van der Waals surface area contributed by atoms with Crippen LogP contribution in [0.25, 0.3) is 22.0 Å². The van der Waals surface area contributed by atoms with E-state index in [4.69, 9.17) is 4.74 Å². The molecule has 1 N–H and O–H groups in total. The molecule has 0 aliphatic carbocycles. The number of carbonyl (C=O) groups excluding carboxylic acids is 2. The Morgan fingerprint density at radius 1 is 1.24 bits per heavy atom. The van der Waals surface area contributed by atoms with Crippen LogP contribution < -0.4 is 5.32 Å². The number of rotatable bonds is 9. The van der Waals surface area contributed by atoms with Crippen LogP contribution in [0.15, 0.2) is 60.5 Å². The number of aromatic nitrogens is 1. The van der Waals surface area contributed by atoms with Crippen molar-refractivity contribution >= 4 is 44.8 Å². The molecule has 196 valence electrons. The van der Waals surface area contributed by atoms with Crippen LogP contribution in [0.3, 0.4) is 0 Å². The van der Waals surface area contributed by atoms with Gasteiger partial charge in [0, 0.05) is 40.5 Å². The van der Waals surface area contributed by atoms with Gasteiger partial charge < -0.3 is 14.6 Å². The van der Waals surface area contributed by atoms with Crippen molar-refractivity contribution in [1.29, 1.82) is 0 Å². The van der Waals surface area contributed by atoms with E-state index in [-0.39, 0.29) is 23.8 Å². The molecule has 1 amide bonds. The Morgan fingerprint density at radius 3 is 2.66 bits per heavy atom. The molecular formula is C29H29N3O5S. The van der Waals surface area contributed by atoms with Crippen molar-refractivity contribution in [3.05, 3.63) is 93.0 Å². The van der Waals surface area contributed by atoms with Gasteiger partial charge in [-0.1, -0.05) is 38.1 Å². The molecule has 2 aromatic carbocycles. The van der Waals surface area contributed by atoms with E-state index in [9.17, 15) is 19.7 Å². The summed E-state index contributed by atoms with van der Waals surface area (Å²) in [7, 11) is 0. The highest BCUT2D eigenvalue weighted by atomic mass is 32.1. The second-order valence-electron chi connectivity index (χ2n) is 9.14. The number of benzene rings is 2. The lowest BCUT2D eigenvalue weighted by Gasteiger charge is -2.11. The molecule has 0 saturated carbocycles. The smallest absolute Gasteiger partial charge is 0.341 e. The van der Waals surface area contributed by atoms with Crippen molar-refractivity contribution in [1.82, 2.24) is 4.57 Å². The van der Waals surface area contributed by atoms with E-state index >= 15 is 0 Å². The Balaban J connectivity index is 1.81. The van der Waals surface area contributed by atoms with Crippen molar-refractivity contribution in [2.75, 3.05) is 11.9 Å². The average Bonchev–Trinajstić information content (AvgIpc) is 3.43. The Morgan fingerprint density at radius 2 is 2.00 bits per heavy atom. The molecule has 8 nitrogen and oxygen atoms in total. The molecule has 38 heavy (non-hydrogen) atoms. The summed E-state index contributed by atoms with van der Waals surface area (Å²) in [5.74, 6) is -0.649. The minimum atomic E-state index is -0.615. The first kappa shape index (κ1) is 26.8. The quantitative estimate of drug-likeness (QED) is 0.105. The normalized spacial score (nSPS) is 11.1. The summed E-state index contributed by atoms with van der Waals surface area (Å²) in [6, 6.07) is 12.2. The van der Waals surface area contributed by atoms with E-state index in [1.54, 1.807) is 30.5 Å². The molecular weight excluding hydrogens is 502 g/mol. The van der Waals surface area contributed by atoms with Crippen LogP contribution in [0.2, 0.25) is 0 Å². The van der Waals surface area contributed by atoms with E-state index in [1.165, 1.54) is 29.0 Å². The van der Waals surface area contributed by atoms with Gasteiger partial charge in [0.1, 0.15) is 16.3 Å². The number of allylic oxidation sites excluding steroid dienone is 1. The Hall–Kier alpha value is -4.24. The Kier molecular flexibility index (Phi) is 7.78. The number of carbonyl (C=O) groups is 2. The number of anilines is 1. The van der Waals surface area contributed by atoms with Gasteiger partial charge in [-0.25, -0.2) is 4.79 Å². The summed E-state index contributed by atoms with van der Waals surface area (Å²) in [6.07, 6.45) is 1.74. The van der Waals surface area contributed by atoms with Crippen molar-refractivity contribution in [3.63, 3.8) is 0 Å². The van der Waals surface area contributed by atoms with Gasteiger partial charge >= 0.3 is 5.97 Å². The molecule has 4 aromatic rings. The maximum atomic E-state index is 13.7. The molecule has 4 rings (SSSR count). The van der Waals surface area contributed by atoms with Crippen LogP contribution >= 0.6 is 11.3 Å². The van der Waals surface area contributed by atoms with Crippen molar-refractivity contribution in [2.24, 2.45) is 0 Å². The van der Waals surface area contributed by atoms with E-state index < -0.39 is 10.9 Å². The summed E-state index contributed by atoms with van der Waals surface area (Å²) in [6.45, 7) is 12.3. The highest BCUT2D eigenvalue weighted by Gasteiger charge is 2.26. The number of thiophene rings is 1. The molecule has 0 spiro atoms. The predicted molar refractivity (Wildman–Crippen MR) is 151 cm³/mol. The molecule has 9 heteroatoms. The fourth-order valence-electron chi connectivity index (χ4n) is 4.53. The molecule has 0 bridgehead atoms. The number of nitrogens with zero attached hydrogens (tertiary/aromatic N) is 2. The van der Waals surface area contributed by atoms with Crippen LogP contribution in [0.1, 0.15) is 58.7 Å². The van der Waals surface area contributed by atoms with Crippen LogP contribution in [0.4, 0.5) is 10.7 Å². The number of ether oxygens (including phenoxy) is 1. The summed E-state index contributed by atoms with van der Waals surface area (Å²) >= 11 is 1.17. The maximum absolute atomic E-state index is 13.7. The van der Waals surface area contributed by atoms with Crippen LogP contribution in [0, 0.1) is 17.0 Å². The summed E-state index contributed by atoms with van der Waals surface area (Å²) in [4.78, 5) is 37.6. The van der Waals surface area contributed by atoms with E-state index in [1.807, 2.05) is 17.6 Å². The monoisotopic (exact) mass is 531 g/mol. The first-order valence-corrected chi connectivity index (χ1v) is 13.1. The molecule has 0 aliphatic rings. The van der Waals surface area contributed by atoms with Gasteiger partial charge in [0.25, 0.3) is 11.6 Å². The van der Waals surface area contributed by atoms with Gasteiger partial charge in [-0.2, -0.15) is 0 Å². The lowest BCUT2D eigenvalue weighted by molar-refractivity contribution is -0.384. The topological polar surface area (TPSA) is 103 Å².